The Morgan fingerprint density at radius 3 is 2.63 bits per heavy atom. The van der Waals surface area contributed by atoms with E-state index in [1.807, 2.05) is 6.20 Å². The number of hydrogen-bond donors (Lipinski definition) is 1. The highest BCUT2D eigenvalue weighted by atomic mass is 127. The van der Waals surface area contributed by atoms with Crippen LogP contribution in [0, 0.1) is 10.5 Å². The van der Waals surface area contributed by atoms with Crippen LogP contribution in [0.2, 0.25) is 0 Å². The predicted octanol–water partition coefficient (Wildman–Crippen LogP) is 4.97. The molecule has 0 saturated carbocycles. The van der Waals surface area contributed by atoms with Gasteiger partial charge in [0, 0.05) is 25.7 Å². The van der Waals surface area contributed by atoms with E-state index in [4.69, 9.17) is 0 Å². The number of anilines is 1. The Morgan fingerprint density at radius 1 is 1.32 bits per heavy atom. The maximum absolute atomic E-state index is 4.51. The van der Waals surface area contributed by atoms with E-state index in [2.05, 4.69) is 78.8 Å². The average molecular weight is 386 g/mol. The Balaban J connectivity index is 2.02. The quantitative estimate of drug-likeness (QED) is 0.754. The van der Waals surface area contributed by atoms with Crippen LogP contribution < -0.4 is 5.32 Å². The van der Waals surface area contributed by atoms with Gasteiger partial charge in [-0.3, -0.25) is 0 Å². The number of halogens is 1. The van der Waals surface area contributed by atoms with Gasteiger partial charge in [0.15, 0.2) is 0 Å². The summed E-state index contributed by atoms with van der Waals surface area (Å²) >= 11 is 4.16. The second-order valence-electron chi connectivity index (χ2n) is 5.70. The van der Waals surface area contributed by atoms with Crippen LogP contribution in [0.3, 0.4) is 0 Å². The molecule has 2 aromatic rings. The van der Waals surface area contributed by atoms with Crippen molar-refractivity contribution in [3.05, 3.63) is 43.4 Å². The molecule has 0 spiro atoms. The maximum Gasteiger partial charge on any atom is 0.0981 e. The van der Waals surface area contributed by atoms with Crippen LogP contribution in [0.4, 0.5) is 5.69 Å². The summed E-state index contributed by atoms with van der Waals surface area (Å²) in [4.78, 5) is 5.79. The lowest BCUT2D eigenvalue weighted by Gasteiger charge is -2.13. The predicted molar refractivity (Wildman–Crippen MR) is 92.0 cm³/mol. The molecule has 1 aromatic carbocycles. The van der Waals surface area contributed by atoms with E-state index in [-0.39, 0.29) is 5.41 Å². The van der Waals surface area contributed by atoms with Crippen molar-refractivity contribution in [3.8, 4) is 0 Å². The highest BCUT2D eigenvalue weighted by Gasteiger charge is 2.17. The number of nitrogens with one attached hydrogen (secondary N) is 1. The van der Waals surface area contributed by atoms with Gasteiger partial charge in [-0.05, 0) is 47.2 Å². The molecule has 0 aliphatic carbocycles. The van der Waals surface area contributed by atoms with Crippen LogP contribution in [-0.2, 0) is 12.0 Å². The van der Waals surface area contributed by atoms with Crippen molar-refractivity contribution in [2.45, 2.75) is 39.7 Å². The zero-order valence-electron chi connectivity index (χ0n) is 11.7. The number of benzene rings is 1. The number of nitrogens with zero attached hydrogens (tertiary/aromatic N) is 1. The first-order valence-corrected chi connectivity index (χ1v) is 8.21. The molecule has 0 radical (unpaired) electrons. The zero-order chi connectivity index (χ0) is 14.0. The van der Waals surface area contributed by atoms with E-state index >= 15 is 0 Å². The van der Waals surface area contributed by atoms with Crippen LogP contribution in [0.5, 0.6) is 0 Å². The number of aromatic nitrogens is 1. The van der Waals surface area contributed by atoms with Gasteiger partial charge in [0.2, 0.25) is 0 Å². The lowest BCUT2D eigenvalue weighted by atomic mass is 9.98. The van der Waals surface area contributed by atoms with E-state index in [0.29, 0.717) is 0 Å². The van der Waals surface area contributed by atoms with Crippen LogP contribution >= 0.6 is 33.9 Å². The van der Waals surface area contributed by atoms with E-state index in [1.54, 1.807) is 11.3 Å². The van der Waals surface area contributed by atoms with Crippen molar-refractivity contribution in [3.63, 3.8) is 0 Å². The first-order valence-electron chi connectivity index (χ1n) is 6.31. The zero-order valence-corrected chi connectivity index (χ0v) is 14.7. The number of aryl methyl sites for hydroxylation is 1. The molecule has 0 bridgehead atoms. The van der Waals surface area contributed by atoms with Crippen molar-refractivity contribution in [2.75, 3.05) is 5.32 Å². The molecular formula is C15H19IN2S. The van der Waals surface area contributed by atoms with E-state index in [1.165, 1.54) is 24.7 Å². The molecule has 0 amide bonds. The highest BCUT2D eigenvalue weighted by molar-refractivity contribution is 14.1. The standard InChI is InChI=1S/C15H19IN2S/c1-10-5-6-11(7-13(10)16)17-8-12-9-18-14(19-12)15(2,3)4/h5-7,9,17H,8H2,1-4H3. The molecule has 102 valence electrons. The number of hydrogen-bond acceptors (Lipinski definition) is 3. The minimum atomic E-state index is 0.141. The molecule has 1 heterocycles. The molecule has 0 fully saturated rings. The first kappa shape index (κ1) is 14.8. The topological polar surface area (TPSA) is 24.9 Å². The Labute approximate surface area is 132 Å². The molecule has 0 unspecified atom stereocenters. The Bertz CT molecular complexity index is 570. The third kappa shape index (κ3) is 3.92. The van der Waals surface area contributed by atoms with Crippen LogP contribution in [0.25, 0.3) is 0 Å². The number of thiazole rings is 1. The molecular weight excluding hydrogens is 367 g/mol. The van der Waals surface area contributed by atoms with Gasteiger partial charge in [-0.1, -0.05) is 26.8 Å². The van der Waals surface area contributed by atoms with Gasteiger partial charge >= 0.3 is 0 Å². The normalized spacial score (nSPS) is 11.6. The van der Waals surface area contributed by atoms with Gasteiger partial charge in [-0.2, -0.15) is 0 Å². The summed E-state index contributed by atoms with van der Waals surface area (Å²) in [6, 6.07) is 6.46. The summed E-state index contributed by atoms with van der Waals surface area (Å²) in [7, 11) is 0. The lowest BCUT2D eigenvalue weighted by molar-refractivity contribution is 0.585. The summed E-state index contributed by atoms with van der Waals surface area (Å²) in [5.74, 6) is 0. The van der Waals surface area contributed by atoms with Crippen LogP contribution in [0.1, 0.15) is 36.2 Å². The van der Waals surface area contributed by atoms with Crippen molar-refractivity contribution >= 4 is 39.6 Å². The summed E-state index contributed by atoms with van der Waals surface area (Å²) in [5, 5.41) is 4.66. The molecule has 1 N–H and O–H groups in total. The fraction of sp³-hybridized carbons (Fsp3) is 0.400. The molecule has 4 heteroatoms. The van der Waals surface area contributed by atoms with E-state index in [9.17, 15) is 0 Å². The summed E-state index contributed by atoms with van der Waals surface area (Å²) in [5.41, 5.74) is 2.63. The average Bonchev–Trinajstić information content (AvgIpc) is 2.79. The highest BCUT2D eigenvalue weighted by Crippen LogP contribution is 2.27. The molecule has 2 rings (SSSR count). The summed E-state index contributed by atoms with van der Waals surface area (Å²) in [6.45, 7) is 9.57. The van der Waals surface area contributed by atoms with Crippen molar-refractivity contribution < 1.29 is 0 Å². The van der Waals surface area contributed by atoms with Gasteiger partial charge in [0.1, 0.15) is 0 Å². The summed E-state index contributed by atoms with van der Waals surface area (Å²) in [6.07, 6.45) is 1.98. The minimum Gasteiger partial charge on any atom is -0.380 e. The van der Waals surface area contributed by atoms with Gasteiger partial charge in [-0.15, -0.1) is 11.3 Å². The van der Waals surface area contributed by atoms with Crippen LogP contribution in [-0.4, -0.2) is 4.98 Å². The smallest absolute Gasteiger partial charge is 0.0981 e. The van der Waals surface area contributed by atoms with Crippen molar-refractivity contribution in [1.82, 2.24) is 4.98 Å². The van der Waals surface area contributed by atoms with Gasteiger partial charge in [0.05, 0.1) is 11.6 Å². The molecule has 0 atom stereocenters. The monoisotopic (exact) mass is 386 g/mol. The minimum absolute atomic E-state index is 0.141. The second kappa shape index (κ2) is 5.79. The third-order valence-electron chi connectivity index (χ3n) is 2.83. The molecule has 19 heavy (non-hydrogen) atoms. The Kier molecular flexibility index (Phi) is 4.50. The maximum atomic E-state index is 4.51. The van der Waals surface area contributed by atoms with Crippen LogP contribution in [0.15, 0.2) is 24.4 Å². The van der Waals surface area contributed by atoms with Gasteiger partial charge < -0.3 is 5.32 Å². The fourth-order valence-electron chi connectivity index (χ4n) is 1.63. The Hall–Kier alpha value is -0.620. The van der Waals surface area contributed by atoms with Gasteiger partial charge in [-0.25, -0.2) is 4.98 Å². The molecule has 1 aromatic heterocycles. The van der Waals surface area contributed by atoms with Gasteiger partial charge in [0.25, 0.3) is 0 Å². The van der Waals surface area contributed by atoms with Crippen molar-refractivity contribution in [2.24, 2.45) is 0 Å². The molecule has 2 nitrogen and oxygen atoms in total. The third-order valence-corrected chi connectivity index (χ3v) is 5.42. The molecule has 0 aliphatic rings. The second-order valence-corrected chi connectivity index (χ2v) is 7.98. The SMILES string of the molecule is Cc1ccc(NCc2cnc(C(C)(C)C)s2)cc1I. The first-order chi connectivity index (χ1) is 8.86. The van der Waals surface area contributed by atoms with E-state index in [0.717, 1.165) is 6.54 Å². The van der Waals surface area contributed by atoms with Crippen molar-refractivity contribution in [1.29, 1.82) is 0 Å². The fourth-order valence-corrected chi connectivity index (χ4v) is 3.05. The molecule has 0 aliphatic heterocycles. The number of rotatable bonds is 3. The Morgan fingerprint density at radius 2 is 2.05 bits per heavy atom. The molecule has 0 saturated heterocycles. The lowest BCUT2D eigenvalue weighted by Crippen LogP contribution is -2.09. The van der Waals surface area contributed by atoms with E-state index < -0.39 is 0 Å². The summed E-state index contributed by atoms with van der Waals surface area (Å²) < 4.78 is 1.29. The largest absolute Gasteiger partial charge is 0.380 e.